The molecule has 0 amide bonds. The van der Waals surface area contributed by atoms with Gasteiger partial charge in [0.2, 0.25) is 0 Å². The zero-order valence-electron chi connectivity index (χ0n) is 10.5. The minimum atomic E-state index is 0.706. The molecule has 0 aliphatic heterocycles. The summed E-state index contributed by atoms with van der Waals surface area (Å²) in [6, 6.07) is 2.07. The molecule has 6 heteroatoms. The summed E-state index contributed by atoms with van der Waals surface area (Å²) in [5.74, 6) is 0.950. The van der Waals surface area contributed by atoms with Crippen LogP contribution >= 0.6 is 0 Å². The normalized spacial score (nSPS) is 11.0. The van der Waals surface area contributed by atoms with Crippen LogP contribution in [0.2, 0.25) is 0 Å². The first kappa shape index (κ1) is 11.8. The van der Waals surface area contributed by atoms with Crippen LogP contribution in [-0.2, 0) is 20.1 Å². The van der Waals surface area contributed by atoms with Gasteiger partial charge in [-0.25, -0.2) is 9.67 Å². The highest BCUT2D eigenvalue weighted by Gasteiger charge is 2.07. The molecule has 0 radical (unpaired) electrons. The lowest BCUT2D eigenvalue weighted by Gasteiger charge is -2.06. The van der Waals surface area contributed by atoms with E-state index in [1.807, 2.05) is 23.3 Å². The molecular formula is C11H18N6. The fraction of sp³-hybridized carbons (Fsp3) is 0.545. The van der Waals surface area contributed by atoms with Crippen LogP contribution in [-0.4, -0.2) is 31.1 Å². The summed E-state index contributed by atoms with van der Waals surface area (Å²) in [4.78, 5) is 4.25. The van der Waals surface area contributed by atoms with Gasteiger partial charge in [-0.1, -0.05) is 6.92 Å². The van der Waals surface area contributed by atoms with Crippen LogP contribution < -0.4 is 5.32 Å². The number of nitrogens with one attached hydrogen (secondary N) is 1. The second kappa shape index (κ2) is 5.09. The maximum Gasteiger partial charge on any atom is 0.141 e. The van der Waals surface area contributed by atoms with Crippen LogP contribution in [0.1, 0.15) is 24.1 Å². The van der Waals surface area contributed by atoms with Crippen molar-refractivity contribution in [2.75, 3.05) is 6.54 Å². The highest BCUT2D eigenvalue weighted by atomic mass is 15.4. The van der Waals surface area contributed by atoms with E-state index in [1.54, 1.807) is 6.33 Å². The molecule has 0 aliphatic rings. The van der Waals surface area contributed by atoms with Gasteiger partial charge in [0, 0.05) is 7.05 Å². The first-order chi connectivity index (χ1) is 8.20. The molecule has 1 N–H and O–H groups in total. The second-order valence-electron chi connectivity index (χ2n) is 4.01. The van der Waals surface area contributed by atoms with Gasteiger partial charge in [-0.15, -0.1) is 0 Å². The van der Waals surface area contributed by atoms with Crippen LogP contribution in [0.5, 0.6) is 0 Å². The van der Waals surface area contributed by atoms with Crippen molar-refractivity contribution in [1.82, 2.24) is 29.9 Å². The zero-order chi connectivity index (χ0) is 12.3. The van der Waals surface area contributed by atoms with Gasteiger partial charge in [0.1, 0.15) is 12.2 Å². The second-order valence-corrected chi connectivity index (χ2v) is 4.01. The number of aryl methyl sites for hydroxylation is 2. The van der Waals surface area contributed by atoms with Gasteiger partial charge >= 0.3 is 0 Å². The highest BCUT2D eigenvalue weighted by Crippen LogP contribution is 2.05. The Bertz CT molecular complexity index is 484. The average molecular weight is 234 g/mol. The van der Waals surface area contributed by atoms with Crippen LogP contribution in [0, 0.1) is 6.92 Å². The van der Waals surface area contributed by atoms with Crippen LogP contribution in [0.3, 0.4) is 0 Å². The minimum absolute atomic E-state index is 0.706. The number of nitrogens with zero attached hydrogens (tertiary/aromatic N) is 5. The molecule has 0 aliphatic carbocycles. The van der Waals surface area contributed by atoms with E-state index < -0.39 is 0 Å². The number of rotatable bonds is 5. The maximum absolute atomic E-state index is 4.32. The van der Waals surface area contributed by atoms with E-state index >= 15 is 0 Å². The largest absolute Gasteiger partial charge is 0.310 e. The van der Waals surface area contributed by atoms with E-state index in [0.717, 1.165) is 30.3 Å². The molecular weight excluding hydrogens is 216 g/mol. The fourth-order valence-corrected chi connectivity index (χ4v) is 1.76. The Hall–Kier alpha value is -1.69. The third-order valence-corrected chi connectivity index (χ3v) is 2.64. The summed E-state index contributed by atoms with van der Waals surface area (Å²) >= 11 is 0. The van der Waals surface area contributed by atoms with Crippen molar-refractivity contribution in [2.45, 2.75) is 26.9 Å². The smallest absolute Gasteiger partial charge is 0.141 e. The van der Waals surface area contributed by atoms with Crippen molar-refractivity contribution in [1.29, 1.82) is 0 Å². The molecule has 2 heterocycles. The summed E-state index contributed by atoms with van der Waals surface area (Å²) in [6.07, 6.45) is 1.59. The van der Waals surface area contributed by atoms with Gasteiger partial charge in [0.15, 0.2) is 0 Å². The van der Waals surface area contributed by atoms with Gasteiger partial charge in [0.05, 0.1) is 24.5 Å². The Morgan fingerprint density at radius 3 is 2.88 bits per heavy atom. The molecule has 0 unspecified atom stereocenters. The minimum Gasteiger partial charge on any atom is -0.310 e. The predicted molar refractivity (Wildman–Crippen MR) is 64.4 cm³/mol. The summed E-state index contributed by atoms with van der Waals surface area (Å²) in [5.41, 5.74) is 2.15. The lowest BCUT2D eigenvalue weighted by molar-refractivity contribution is 0.568. The molecule has 0 atom stereocenters. The summed E-state index contributed by atoms with van der Waals surface area (Å²) < 4.78 is 3.78. The highest BCUT2D eigenvalue weighted by molar-refractivity contribution is 5.09. The van der Waals surface area contributed by atoms with Gasteiger partial charge in [0.25, 0.3) is 0 Å². The first-order valence-corrected chi connectivity index (χ1v) is 5.77. The summed E-state index contributed by atoms with van der Waals surface area (Å²) in [7, 11) is 1.95. The quantitative estimate of drug-likeness (QED) is 0.817. The molecule has 92 valence electrons. The van der Waals surface area contributed by atoms with E-state index in [2.05, 4.69) is 33.5 Å². The van der Waals surface area contributed by atoms with Gasteiger partial charge in [-0.2, -0.15) is 10.2 Å². The fourth-order valence-electron chi connectivity index (χ4n) is 1.76. The molecule has 0 fully saturated rings. The third-order valence-electron chi connectivity index (χ3n) is 2.64. The molecule has 0 bridgehead atoms. The van der Waals surface area contributed by atoms with E-state index in [9.17, 15) is 0 Å². The van der Waals surface area contributed by atoms with Crippen molar-refractivity contribution in [2.24, 2.45) is 7.05 Å². The van der Waals surface area contributed by atoms with E-state index in [-0.39, 0.29) is 0 Å². The topological polar surface area (TPSA) is 60.6 Å². The lowest BCUT2D eigenvalue weighted by atomic mass is 10.3. The Morgan fingerprint density at radius 1 is 1.41 bits per heavy atom. The van der Waals surface area contributed by atoms with Crippen LogP contribution in [0.4, 0.5) is 0 Å². The van der Waals surface area contributed by atoms with Crippen molar-refractivity contribution < 1.29 is 0 Å². The molecule has 0 aromatic carbocycles. The molecule has 17 heavy (non-hydrogen) atoms. The van der Waals surface area contributed by atoms with E-state index in [1.165, 1.54) is 0 Å². The van der Waals surface area contributed by atoms with E-state index in [4.69, 9.17) is 0 Å². The van der Waals surface area contributed by atoms with Gasteiger partial charge < -0.3 is 5.32 Å². The van der Waals surface area contributed by atoms with Crippen molar-refractivity contribution in [3.63, 3.8) is 0 Å². The number of hydrogen-bond donors (Lipinski definition) is 1. The Kier molecular flexibility index (Phi) is 3.53. The Morgan fingerprint density at radius 2 is 2.24 bits per heavy atom. The summed E-state index contributed by atoms with van der Waals surface area (Å²) in [5, 5.41) is 11.8. The zero-order valence-corrected chi connectivity index (χ0v) is 10.5. The Balaban J connectivity index is 2.13. The maximum atomic E-state index is 4.32. The van der Waals surface area contributed by atoms with Crippen molar-refractivity contribution in [3.8, 4) is 0 Å². The first-order valence-electron chi connectivity index (χ1n) is 5.77. The standard InChI is InChI=1S/C11H18N6/c1-4-12-6-11-13-8-14-17(11)7-10-5-9(2)15-16(10)3/h5,8,12H,4,6-7H2,1-3H3. The molecule has 2 aromatic rings. The monoisotopic (exact) mass is 234 g/mol. The average Bonchev–Trinajstić information content (AvgIpc) is 2.84. The molecule has 0 saturated carbocycles. The summed E-state index contributed by atoms with van der Waals surface area (Å²) in [6.45, 7) is 6.44. The van der Waals surface area contributed by atoms with Crippen LogP contribution in [0.25, 0.3) is 0 Å². The predicted octanol–water partition coefficient (Wildman–Crippen LogP) is 0.478. The molecule has 0 saturated heterocycles. The van der Waals surface area contributed by atoms with Gasteiger partial charge in [-0.3, -0.25) is 4.68 Å². The molecule has 6 nitrogen and oxygen atoms in total. The van der Waals surface area contributed by atoms with E-state index in [0.29, 0.717) is 6.54 Å². The molecule has 0 spiro atoms. The van der Waals surface area contributed by atoms with Crippen molar-refractivity contribution >= 4 is 0 Å². The number of aromatic nitrogens is 5. The van der Waals surface area contributed by atoms with Gasteiger partial charge in [-0.05, 0) is 19.5 Å². The number of hydrogen-bond acceptors (Lipinski definition) is 4. The molecule has 2 rings (SSSR count). The van der Waals surface area contributed by atoms with Crippen LogP contribution in [0.15, 0.2) is 12.4 Å². The third kappa shape index (κ3) is 2.71. The molecule has 2 aromatic heterocycles. The SMILES string of the molecule is CCNCc1ncnn1Cc1cc(C)nn1C. The lowest BCUT2D eigenvalue weighted by Crippen LogP contribution is -2.18. The van der Waals surface area contributed by atoms with Crippen molar-refractivity contribution in [3.05, 3.63) is 29.6 Å². The Labute approximate surface area is 101 Å².